The van der Waals surface area contributed by atoms with Crippen LogP contribution >= 0.6 is 7.92 Å². The third kappa shape index (κ3) is 4.50. The molecular formula is C31H33PSi. The summed E-state index contributed by atoms with van der Waals surface area (Å²) >= 11 is 0. The summed E-state index contributed by atoms with van der Waals surface area (Å²) in [6.45, 7) is 2.67. The van der Waals surface area contributed by atoms with E-state index >= 15 is 0 Å². The molecule has 0 saturated heterocycles. The van der Waals surface area contributed by atoms with Gasteiger partial charge >= 0.3 is 0 Å². The largest absolute Gasteiger partial charge is 0.119 e. The zero-order chi connectivity index (χ0) is 22.5. The van der Waals surface area contributed by atoms with Crippen molar-refractivity contribution < 1.29 is 0 Å². The number of rotatable bonds is 6. The van der Waals surface area contributed by atoms with Crippen LogP contribution < -0.4 is 26.3 Å². The maximum absolute atomic E-state index is 2.67. The number of benzene rings is 4. The minimum absolute atomic E-state index is 0.608. The maximum atomic E-state index is 2.67. The third-order valence-electron chi connectivity index (χ3n) is 7.53. The monoisotopic (exact) mass is 464 g/mol. The Kier molecular flexibility index (Phi) is 6.90. The molecule has 0 N–H and O–H groups in total. The Hall–Kier alpha value is -2.47. The number of hydrogen-bond acceptors (Lipinski definition) is 0. The van der Waals surface area contributed by atoms with Gasteiger partial charge in [0.1, 0.15) is 8.07 Å². The molecule has 2 heteroatoms. The van der Waals surface area contributed by atoms with Gasteiger partial charge in [0.25, 0.3) is 0 Å². The Balaban J connectivity index is 1.73. The number of hydrogen-bond donors (Lipinski definition) is 0. The van der Waals surface area contributed by atoms with E-state index in [1.807, 2.05) is 0 Å². The molecule has 5 rings (SSSR count). The summed E-state index contributed by atoms with van der Waals surface area (Å²) in [5.41, 5.74) is 0.804. The first kappa shape index (κ1) is 22.3. The molecule has 33 heavy (non-hydrogen) atoms. The van der Waals surface area contributed by atoms with Gasteiger partial charge in [-0.15, -0.1) is 0 Å². The van der Waals surface area contributed by atoms with Crippen LogP contribution in [-0.4, -0.2) is 8.07 Å². The van der Waals surface area contributed by atoms with Gasteiger partial charge in [0.05, 0.1) is 0 Å². The van der Waals surface area contributed by atoms with Gasteiger partial charge in [-0.05, 0) is 34.6 Å². The summed E-state index contributed by atoms with van der Waals surface area (Å²) in [7, 11) is -2.57. The Morgan fingerprint density at radius 2 is 1.06 bits per heavy atom. The Bertz CT molecular complexity index is 1110. The second-order valence-corrected chi connectivity index (χ2v) is 15.9. The molecule has 1 saturated carbocycles. The predicted octanol–water partition coefficient (Wildman–Crippen LogP) is 5.97. The second-order valence-electron chi connectivity index (χ2n) is 9.43. The summed E-state index contributed by atoms with van der Waals surface area (Å²) in [5.74, 6) is 0. The summed E-state index contributed by atoms with van der Waals surface area (Å²) in [6.07, 6.45) is 6.92. The third-order valence-corrected chi connectivity index (χ3v) is 15.5. The van der Waals surface area contributed by atoms with E-state index in [0.717, 1.165) is 5.54 Å². The standard InChI is InChI=1S/C31H33PSi/c1-33(28-20-10-4-11-21-28,29-22-12-5-13-23-29)31-25-15-14-24-30(31)32(26-16-6-2-7-17-26)27-18-8-3-9-19-27/h2-4,6-11,14-21,24-25,29H,5,12-13,22-23H2,1H3. The molecule has 0 radical (unpaired) electrons. The van der Waals surface area contributed by atoms with E-state index < -0.39 is 16.0 Å². The zero-order valence-corrected chi connectivity index (χ0v) is 21.4. The van der Waals surface area contributed by atoms with E-state index in [0.29, 0.717) is 0 Å². The van der Waals surface area contributed by atoms with Crippen LogP contribution in [-0.2, 0) is 0 Å². The molecule has 1 atom stereocenters. The Morgan fingerprint density at radius 1 is 0.576 bits per heavy atom. The molecule has 166 valence electrons. The van der Waals surface area contributed by atoms with Crippen molar-refractivity contribution in [3.05, 3.63) is 115 Å². The van der Waals surface area contributed by atoms with Gasteiger partial charge < -0.3 is 0 Å². The first-order chi connectivity index (χ1) is 16.3. The fourth-order valence-corrected chi connectivity index (χ4v) is 13.9. The van der Waals surface area contributed by atoms with Crippen LogP contribution in [0.25, 0.3) is 0 Å². The summed E-state index contributed by atoms with van der Waals surface area (Å²) in [5, 5.41) is 7.70. The summed E-state index contributed by atoms with van der Waals surface area (Å²) < 4.78 is 0. The SMILES string of the molecule is C[Si](c1ccccc1)(c1ccccc1P(c1ccccc1)c1ccccc1)C1CCCCC1. The molecular weight excluding hydrogens is 431 g/mol. The molecule has 0 aromatic heterocycles. The van der Waals surface area contributed by atoms with Crippen molar-refractivity contribution in [2.24, 2.45) is 0 Å². The fraction of sp³-hybridized carbons (Fsp3) is 0.226. The van der Waals surface area contributed by atoms with Crippen LogP contribution in [0.3, 0.4) is 0 Å². The van der Waals surface area contributed by atoms with Crippen molar-refractivity contribution in [3.63, 3.8) is 0 Å². The van der Waals surface area contributed by atoms with Crippen molar-refractivity contribution >= 4 is 42.3 Å². The summed E-state index contributed by atoms with van der Waals surface area (Å²) in [4.78, 5) is 0. The first-order valence-corrected chi connectivity index (χ1v) is 16.3. The minimum atomic E-state index is -1.96. The highest BCUT2D eigenvalue weighted by atomic mass is 31.1. The second kappa shape index (κ2) is 10.2. The van der Waals surface area contributed by atoms with E-state index in [1.165, 1.54) is 42.7 Å². The van der Waals surface area contributed by atoms with Crippen LogP contribution in [0.2, 0.25) is 12.1 Å². The molecule has 0 aliphatic heterocycles. The highest BCUT2D eigenvalue weighted by Crippen LogP contribution is 2.39. The molecule has 4 aromatic carbocycles. The smallest absolute Gasteiger partial charge is 0.0626 e. The van der Waals surface area contributed by atoms with Gasteiger partial charge in [-0.25, -0.2) is 0 Å². The average molecular weight is 465 g/mol. The minimum Gasteiger partial charge on any atom is -0.0626 e. The van der Waals surface area contributed by atoms with Gasteiger partial charge in [-0.2, -0.15) is 0 Å². The Labute approximate surface area is 201 Å². The molecule has 1 fully saturated rings. The molecule has 1 aliphatic rings. The molecule has 0 amide bonds. The van der Waals surface area contributed by atoms with Gasteiger partial charge in [0, 0.05) is 0 Å². The van der Waals surface area contributed by atoms with Crippen LogP contribution in [0.1, 0.15) is 32.1 Å². The summed E-state index contributed by atoms with van der Waals surface area (Å²) in [6, 6.07) is 43.4. The lowest BCUT2D eigenvalue weighted by atomic mass is 10.0. The zero-order valence-electron chi connectivity index (χ0n) is 19.5. The molecule has 0 spiro atoms. The van der Waals surface area contributed by atoms with Gasteiger partial charge in [0.2, 0.25) is 0 Å². The highest BCUT2D eigenvalue weighted by molar-refractivity contribution is 7.80. The first-order valence-electron chi connectivity index (χ1n) is 12.3. The molecule has 1 unspecified atom stereocenters. The van der Waals surface area contributed by atoms with Crippen molar-refractivity contribution in [1.82, 2.24) is 0 Å². The molecule has 0 heterocycles. The van der Waals surface area contributed by atoms with E-state index in [9.17, 15) is 0 Å². The Morgan fingerprint density at radius 3 is 1.64 bits per heavy atom. The van der Waals surface area contributed by atoms with Crippen LogP contribution in [0.4, 0.5) is 0 Å². The van der Waals surface area contributed by atoms with Crippen LogP contribution in [0.15, 0.2) is 115 Å². The van der Waals surface area contributed by atoms with Gasteiger partial charge in [-0.1, -0.05) is 159 Å². The van der Waals surface area contributed by atoms with Crippen molar-refractivity contribution in [2.45, 2.75) is 44.2 Å². The molecule has 4 aromatic rings. The van der Waals surface area contributed by atoms with Crippen molar-refractivity contribution in [3.8, 4) is 0 Å². The van der Waals surface area contributed by atoms with E-state index in [-0.39, 0.29) is 0 Å². The van der Waals surface area contributed by atoms with Crippen molar-refractivity contribution in [2.75, 3.05) is 0 Å². The van der Waals surface area contributed by atoms with E-state index in [2.05, 4.69) is 122 Å². The quantitative estimate of drug-likeness (QED) is 0.244. The fourth-order valence-electron chi connectivity index (χ4n) is 5.76. The normalized spacial score (nSPS) is 16.4. The maximum Gasteiger partial charge on any atom is 0.119 e. The molecule has 1 aliphatic carbocycles. The van der Waals surface area contributed by atoms with E-state index in [1.54, 1.807) is 15.7 Å². The topological polar surface area (TPSA) is 0 Å². The van der Waals surface area contributed by atoms with Crippen LogP contribution in [0.5, 0.6) is 0 Å². The van der Waals surface area contributed by atoms with Crippen LogP contribution in [0, 0.1) is 0 Å². The highest BCUT2D eigenvalue weighted by Gasteiger charge is 2.42. The lowest BCUT2D eigenvalue weighted by Gasteiger charge is -2.41. The van der Waals surface area contributed by atoms with Gasteiger partial charge in [-0.3, -0.25) is 0 Å². The van der Waals surface area contributed by atoms with Crippen molar-refractivity contribution in [1.29, 1.82) is 0 Å². The lowest BCUT2D eigenvalue weighted by molar-refractivity contribution is 0.495. The lowest BCUT2D eigenvalue weighted by Crippen LogP contribution is -2.63. The molecule has 0 bridgehead atoms. The van der Waals surface area contributed by atoms with Gasteiger partial charge in [0.15, 0.2) is 0 Å². The average Bonchev–Trinajstić information content (AvgIpc) is 2.91. The van der Waals surface area contributed by atoms with E-state index in [4.69, 9.17) is 0 Å². The molecule has 0 nitrogen and oxygen atoms in total. The predicted molar refractivity (Wildman–Crippen MR) is 149 cm³/mol.